The van der Waals surface area contributed by atoms with Crippen molar-refractivity contribution in [1.82, 2.24) is 0 Å². The van der Waals surface area contributed by atoms with E-state index in [4.69, 9.17) is 23.2 Å². The molecule has 0 amide bonds. The zero-order valence-electron chi connectivity index (χ0n) is 10.8. The molecule has 0 spiro atoms. The third-order valence-electron chi connectivity index (χ3n) is 5.74. The van der Waals surface area contributed by atoms with E-state index in [1.807, 2.05) is 12.1 Å². The molecule has 1 aromatic rings. The smallest absolute Gasteiger partial charge is 0.0967 e. The maximum absolute atomic E-state index is 11.4. The molecule has 5 rings (SSSR count). The van der Waals surface area contributed by atoms with Gasteiger partial charge >= 0.3 is 0 Å². The van der Waals surface area contributed by atoms with E-state index in [2.05, 4.69) is 0 Å². The molecule has 1 nitrogen and oxygen atoms in total. The van der Waals surface area contributed by atoms with Crippen LogP contribution < -0.4 is 0 Å². The molecule has 0 radical (unpaired) electrons. The van der Waals surface area contributed by atoms with Crippen LogP contribution in [0.3, 0.4) is 0 Å². The molecule has 4 bridgehead atoms. The second-order valence-corrected chi connectivity index (χ2v) is 7.60. The van der Waals surface area contributed by atoms with Crippen molar-refractivity contribution >= 4 is 23.2 Å². The van der Waals surface area contributed by atoms with Crippen LogP contribution >= 0.6 is 23.2 Å². The zero-order valence-corrected chi connectivity index (χ0v) is 12.3. The van der Waals surface area contributed by atoms with Crippen LogP contribution in [0.25, 0.3) is 0 Å². The Bertz CT molecular complexity index is 497. The molecule has 4 fully saturated rings. The third kappa shape index (κ3) is 1.71. The van der Waals surface area contributed by atoms with Gasteiger partial charge in [0.1, 0.15) is 0 Å². The van der Waals surface area contributed by atoms with Crippen molar-refractivity contribution in [2.75, 3.05) is 0 Å². The lowest BCUT2D eigenvalue weighted by Gasteiger charge is -2.59. The van der Waals surface area contributed by atoms with Gasteiger partial charge in [0.15, 0.2) is 0 Å². The summed E-state index contributed by atoms with van der Waals surface area (Å²) in [6, 6.07) is 5.50. The fraction of sp³-hybridized carbons (Fsp3) is 0.625. The van der Waals surface area contributed by atoms with Crippen molar-refractivity contribution < 1.29 is 5.11 Å². The summed E-state index contributed by atoms with van der Waals surface area (Å²) in [7, 11) is 0. The van der Waals surface area contributed by atoms with Crippen LogP contribution in [0.5, 0.6) is 0 Å². The largest absolute Gasteiger partial charge is 0.385 e. The Morgan fingerprint density at radius 3 is 2.11 bits per heavy atom. The summed E-state index contributed by atoms with van der Waals surface area (Å²) in [6.45, 7) is 0. The van der Waals surface area contributed by atoms with Gasteiger partial charge in [0.2, 0.25) is 0 Å². The van der Waals surface area contributed by atoms with E-state index in [0.717, 1.165) is 43.1 Å². The Kier molecular flexibility index (Phi) is 2.72. The summed E-state index contributed by atoms with van der Waals surface area (Å²) >= 11 is 12.5. The van der Waals surface area contributed by atoms with Crippen LogP contribution in [0.2, 0.25) is 10.0 Å². The first-order valence-electron chi connectivity index (χ1n) is 7.25. The van der Waals surface area contributed by atoms with Crippen LogP contribution in [0.1, 0.15) is 37.7 Å². The van der Waals surface area contributed by atoms with E-state index in [1.165, 1.54) is 6.42 Å². The predicted octanol–water partition coefficient (Wildman–Crippen LogP) is 4.64. The van der Waals surface area contributed by atoms with Crippen molar-refractivity contribution in [1.29, 1.82) is 0 Å². The van der Waals surface area contributed by atoms with Gasteiger partial charge in [0, 0.05) is 15.6 Å². The van der Waals surface area contributed by atoms with E-state index in [1.54, 1.807) is 6.07 Å². The highest BCUT2D eigenvalue weighted by Crippen LogP contribution is 2.62. The number of aliphatic hydroxyl groups is 1. The van der Waals surface area contributed by atoms with Crippen LogP contribution in [-0.4, -0.2) is 5.11 Å². The fourth-order valence-corrected chi connectivity index (χ4v) is 5.59. The van der Waals surface area contributed by atoms with E-state index in [9.17, 15) is 5.11 Å². The molecule has 0 aromatic heterocycles. The van der Waals surface area contributed by atoms with E-state index >= 15 is 0 Å². The first kappa shape index (κ1) is 12.5. The third-order valence-corrected chi connectivity index (χ3v) is 6.31. The normalized spacial score (nSPS) is 43.7. The molecule has 1 N–H and O–H groups in total. The molecule has 0 aliphatic heterocycles. The summed E-state index contributed by atoms with van der Waals surface area (Å²) in [5.74, 6) is 2.42. The predicted molar refractivity (Wildman–Crippen MR) is 77.4 cm³/mol. The molecule has 0 heterocycles. The maximum atomic E-state index is 11.4. The SMILES string of the molecule is OC1(c2cc(Cl)ccc2Cl)C2CC3CC(C2)CC1C3. The molecule has 0 atom stereocenters. The Morgan fingerprint density at radius 1 is 0.947 bits per heavy atom. The van der Waals surface area contributed by atoms with Gasteiger partial charge < -0.3 is 5.11 Å². The van der Waals surface area contributed by atoms with Crippen LogP contribution in [0, 0.1) is 23.7 Å². The van der Waals surface area contributed by atoms with Crippen molar-refractivity contribution in [3.05, 3.63) is 33.8 Å². The first-order chi connectivity index (χ1) is 9.07. The number of hydrogen-bond donors (Lipinski definition) is 1. The standard InChI is InChI=1S/C16H18Cl2O/c17-13-1-2-15(18)14(8-13)16(19)11-4-9-3-10(6-11)7-12(16)5-9/h1-2,8-12,19H,3-7H2. The van der Waals surface area contributed by atoms with Crippen LogP contribution in [0.4, 0.5) is 0 Å². The van der Waals surface area contributed by atoms with E-state index < -0.39 is 5.60 Å². The lowest BCUT2D eigenvalue weighted by molar-refractivity contribution is -0.179. The van der Waals surface area contributed by atoms with Crippen molar-refractivity contribution in [2.45, 2.75) is 37.7 Å². The summed E-state index contributed by atoms with van der Waals surface area (Å²) < 4.78 is 0. The molecule has 3 heteroatoms. The van der Waals surface area contributed by atoms with Gasteiger partial charge in [-0.3, -0.25) is 0 Å². The molecular weight excluding hydrogens is 279 g/mol. The quantitative estimate of drug-likeness (QED) is 0.801. The summed E-state index contributed by atoms with van der Waals surface area (Å²) in [6.07, 6.45) is 6.02. The van der Waals surface area contributed by atoms with Gasteiger partial charge in [-0.05, 0) is 74.0 Å². The Balaban J connectivity index is 1.82. The van der Waals surface area contributed by atoms with Crippen molar-refractivity contribution in [3.8, 4) is 0 Å². The lowest BCUT2D eigenvalue weighted by Crippen LogP contribution is -2.55. The van der Waals surface area contributed by atoms with Gasteiger partial charge in [-0.1, -0.05) is 23.2 Å². The zero-order chi connectivity index (χ0) is 13.2. The summed E-state index contributed by atoms with van der Waals surface area (Å²) in [5.41, 5.74) is 0.130. The monoisotopic (exact) mass is 296 g/mol. The van der Waals surface area contributed by atoms with Gasteiger partial charge in [-0.2, -0.15) is 0 Å². The van der Waals surface area contributed by atoms with Gasteiger partial charge in [0.05, 0.1) is 5.60 Å². The number of benzene rings is 1. The minimum absolute atomic E-state index is 0.375. The van der Waals surface area contributed by atoms with Crippen molar-refractivity contribution in [3.63, 3.8) is 0 Å². The van der Waals surface area contributed by atoms with Crippen molar-refractivity contribution in [2.24, 2.45) is 23.7 Å². The van der Waals surface area contributed by atoms with E-state index in [-0.39, 0.29) is 0 Å². The van der Waals surface area contributed by atoms with Gasteiger partial charge in [-0.25, -0.2) is 0 Å². The molecule has 19 heavy (non-hydrogen) atoms. The molecule has 4 aliphatic carbocycles. The average molecular weight is 297 g/mol. The molecular formula is C16H18Cl2O. The highest BCUT2D eigenvalue weighted by Gasteiger charge is 2.57. The second-order valence-electron chi connectivity index (χ2n) is 6.75. The second kappa shape index (κ2) is 4.13. The Hall–Kier alpha value is -0.240. The van der Waals surface area contributed by atoms with Gasteiger partial charge in [-0.15, -0.1) is 0 Å². The Morgan fingerprint density at radius 2 is 1.53 bits per heavy atom. The number of rotatable bonds is 1. The molecule has 1 aromatic carbocycles. The van der Waals surface area contributed by atoms with Gasteiger partial charge in [0.25, 0.3) is 0 Å². The molecule has 102 valence electrons. The Labute approximate surface area is 123 Å². The number of hydrogen-bond acceptors (Lipinski definition) is 1. The fourth-order valence-electron chi connectivity index (χ4n) is 5.15. The lowest BCUT2D eigenvalue weighted by atomic mass is 9.48. The molecule has 4 saturated carbocycles. The average Bonchev–Trinajstić information content (AvgIpc) is 2.38. The highest BCUT2D eigenvalue weighted by atomic mass is 35.5. The highest BCUT2D eigenvalue weighted by molar-refractivity contribution is 6.33. The molecule has 0 saturated heterocycles. The topological polar surface area (TPSA) is 20.2 Å². The molecule has 0 unspecified atom stereocenters. The summed E-state index contributed by atoms with van der Waals surface area (Å²) in [4.78, 5) is 0. The van der Waals surface area contributed by atoms with E-state index in [0.29, 0.717) is 21.9 Å². The van der Waals surface area contributed by atoms with Crippen LogP contribution in [-0.2, 0) is 5.60 Å². The maximum Gasteiger partial charge on any atom is 0.0967 e. The first-order valence-corrected chi connectivity index (χ1v) is 8.01. The van der Waals surface area contributed by atoms with Crippen LogP contribution in [0.15, 0.2) is 18.2 Å². The minimum Gasteiger partial charge on any atom is -0.385 e. The molecule has 4 aliphatic rings. The minimum atomic E-state index is -0.741. The summed E-state index contributed by atoms with van der Waals surface area (Å²) in [5, 5.41) is 12.8. The number of halogens is 2.